The van der Waals surface area contributed by atoms with Crippen molar-refractivity contribution in [3.63, 3.8) is 0 Å². The maximum Gasteiger partial charge on any atom is 0.164 e. The van der Waals surface area contributed by atoms with E-state index in [9.17, 15) is 15.3 Å². The zero-order valence-corrected chi connectivity index (χ0v) is 14.2. The average molecular weight is 361 g/mol. The fraction of sp³-hybridized carbons (Fsp3) is 0.467. The second-order valence-electron chi connectivity index (χ2n) is 6.55. The van der Waals surface area contributed by atoms with E-state index in [2.05, 4.69) is 20.3 Å². The minimum Gasteiger partial charge on any atom is -0.394 e. The SMILES string of the molecule is Cn1cc(-c2cn(C3OC(CO)C(C)(O)C3O)c3ncnc(N)c23)nn1. The summed E-state index contributed by atoms with van der Waals surface area (Å²) in [5, 5.41) is 39.1. The number of hydrogen-bond donors (Lipinski definition) is 4. The number of rotatable bonds is 3. The number of nitrogen functional groups attached to an aromatic ring is 1. The highest BCUT2D eigenvalue weighted by molar-refractivity contribution is 5.99. The molecule has 3 aromatic rings. The van der Waals surface area contributed by atoms with Gasteiger partial charge in [-0.3, -0.25) is 4.68 Å². The maximum atomic E-state index is 10.6. The van der Waals surface area contributed by atoms with Gasteiger partial charge in [-0.05, 0) is 6.92 Å². The number of aliphatic hydroxyl groups excluding tert-OH is 2. The van der Waals surface area contributed by atoms with E-state index in [1.165, 1.54) is 13.3 Å². The Balaban J connectivity index is 1.91. The van der Waals surface area contributed by atoms with Crippen LogP contribution >= 0.6 is 0 Å². The van der Waals surface area contributed by atoms with Gasteiger partial charge in [-0.15, -0.1) is 5.10 Å². The van der Waals surface area contributed by atoms with E-state index in [1.54, 1.807) is 28.7 Å². The normalized spacial score (nSPS) is 28.9. The van der Waals surface area contributed by atoms with Crippen molar-refractivity contribution in [3.8, 4) is 11.3 Å². The summed E-state index contributed by atoms with van der Waals surface area (Å²) in [6.45, 7) is 0.977. The molecule has 1 saturated heterocycles. The molecule has 4 rings (SSSR count). The zero-order chi connectivity index (χ0) is 18.6. The molecule has 11 heteroatoms. The van der Waals surface area contributed by atoms with Gasteiger partial charge < -0.3 is 30.4 Å². The van der Waals surface area contributed by atoms with Crippen molar-refractivity contribution in [2.75, 3.05) is 12.3 Å². The zero-order valence-electron chi connectivity index (χ0n) is 14.2. The first-order chi connectivity index (χ1) is 12.3. The van der Waals surface area contributed by atoms with Crippen LogP contribution in [0.4, 0.5) is 5.82 Å². The van der Waals surface area contributed by atoms with E-state index >= 15 is 0 Å². The van der Waals surface area contributed by atoms with Gasteiger partial charge in [0, 0.05) is 18.8 Å². The Morgan fingerprint density at radius 3 is 2.73 bits per heavy atom. The lowest BCUT2D eigenvalue weighted by molar-refractivity contribution is -0.0804. The lowest BCUT2D eigenvalue weighted by Crippen LogP contribution is -2.46. The first kappa shape index (κ1) is 16.8. The Bertz CT molecular complexity index is 966. The van der Waals surface area contributed by atoms with Gasteiger partial charge in [0.1, 0.15) is 41.3 Å². The molecule has 4 atom stereocenters. The number of ether oxygens (including phenoxy) is 1. The molecule has 26 heavy (non-hydrogen) atoms. The van der Waals surface area contributed by atoms with Gasteiger partial charge in [0.05, 0.1) is 18.2 Å². The van der Waals surface area contributed by atoms with Crippen LogP contribution in [0.2, 0.25) is 0 Å². The number of anilines is 1. The number of hydrogen-bond acceptors (Lipinski definition) is 9. The molecule has 3 aromatic heterocycles. The van der Waals surface area contributed by atoms with Crippen LogP contribution in [-0.4, -0.2) is 69.3 Å². The van der Waals surface area contributed by atoms with Crippen LogP contribution in [-0.2, 0) is 11.8 Å². The molecule has 4 heterocycles. The highest BCUT2D eigenvalue weighted by Gasteiger charge is 2.53. The third kappa shape index (κ3) is 2.29. The van der Waals surface area contributed by atoms with Gasteiger partial charge in [0.2, 0.25) is 0 Å². The third-order valence-electron chi connectivity index (χ3n) is 4.78. The molecule has 138 valence electrons. The summed E-state index contributed by atoms with van der Waals surface area (Å²) in [6.07, 6.45) is 1.48. The van der Waals surface area contributed by atoms with Gasteiger partial charge in [-0.25, -0.2) is 9.97 Å². The molecule has 0 bridgehead atoms. The summed E-state index contributed by atoms with van der Waals surface area (Å²) >= 11 is 0. The smallest absolute Gasteiger partial charge is 0.164 e. The van der Waals surface area contributed by atoms with Gasteiger partial charge in [0.15, 0.2) is 6.23 Å². The molecular formula is C15H19N7O4. The van der Waals surface area contributed by atoms with Crippen molar-refractivity contribution in [1.82, 2.24) is 29.5 Å². The number of aromatic nitrogens is 6. The minimum absolute atomic E-state index is 0.243. The van der Waals surface area contributed by atoms with Gasteiger partial charge in [-0.2, -0.15) is 0 Å². The summed E-state index contributed by atoms with van der Waals surface area (Å²) in [5.74, 6) is 0.243. The summed E-state index contributed by atoms with van der Waals surface area (Å²) in [4.78, 5) is 8.28. The fourth-order valence-corrected chi connectivity index (χ4v) is 3.27. The molecule has 1 aliphatic heterocycles. The Labute approximate surface area is 147 Å². The molecule has 1 aliphatic rings. The molecule has 11 nitrogen and oxygen atoms in total. The van der Waals surface area contributed by atoms with Crippen LogP contribution in [0.5, 0.6) is 0 Å². The van der Waals surface area contributed by atoms with Crippen molar-refractivity contribution in [3.05, 3.63) is 18.7 Å². The second-order valence-corrected chi connectivity index (χ2v) is 6.55. The summed E-state index contributed by atoms with van der Waals surface area (Å²) in [6, 6.07) is 0. The van der Waals surface area contributed by atoms with Crippen LogP contribution in [0.1, 0.15) is 13.2 Å². The monoisotopic (exact) mass is 361 g/mol. The predicted molar refractivity (Wildman–Crippen MR) is 89.6 cm³/mol. The van der Waals surface area contributed by atoms with Crippen LogP contribution in [0.15, 0.2) is 18.7 Å². The molecule has 0 spiro atoms. The number of aryl methyl sites for hydroxylation is 1. The van der Waals surface area contributed by atoms with E-state index in [0.717, 1.165) is 0 Å². The van der Waals surface area contributed by atoms with Crippen LogP contribution in [0.25, 0.3) is 22.3 Å². The second kappa shape index (κ2) is 5.71. The highest BCUT2D eigenvalue weighted by Crippen LogP contribution is 2.41. The average Bonchev–Trinajstić information content (AvgIpc) is 3.25. The fourth-order valence-electron chi connectivity index (χ4n) is 3.27. The van der Waals surface area contributed by atoms with E-state index in [1.807, 2.05) is 0 Å². The number of fused-ring (bicyclic) bond motifs is 1. The summed E-state index contributed by atoms with van der Waals surface area (Å²) in [7, 11) is 1.74. The predicted octanol–water partition coefficient (Wildman–Crippen LogP) is -1.19. The lowest BCUT2D eigenvalue weighted by atomic mass is 9.95. The summed E-state index contributed by atoms with van der Waals surface area (Å²) < 4.78 is 8.81. The molecule has 1 fully saturated rings. The van der Waals surface area contributed by atoms with Crippen molar-refractivity contribution >= 4 is 16.9 Å². The van der Waals surface area contributed by atoms with Crippen LogP contribution in [0, 0.1) is 0 Å². The number of aliphatic hydroxyl groups is 3. The topological polar surface area (TPSA) is 157 Å². The Hall–Kier alpha value is -2.60. The van der Waals surface area contributed by atoms with Gasteiger partial charge in [-0.1, -0.05) is 5.21 Å². The maximum absolute atomic E-state index is 10.6. The molecule has 0 saturated carbocycles. The lowest BCUT2D eigenvalue weighted by Gasteiger charge is -2.25. The van der Waals surface area contributed by atoms with E-state index in [0.29, 0.717) is 22.3 Å². The van der Waals surface area contributed by atoms with Crippen molar-refractivity contribution < 1.29 is 20.1 Å². The number of nitrogens with two attached hydrogens (primary N) is 1. The van der Waals surface area contributed by atoms with Crippen LogP contribution < -0.4 is 5.73 Å². The standard InChI is InChI=1S/C15H19N7O4/c1-15(25)9(5-23)26-14(11(15)24)22-3-7(8-4-21(2)20-19-8)10-12(16)17-6-18-13(10)22/h3-4,6,9,11,14,23-25H,5H2,1-2H3,(H2,16,17,18). The van der Waals surface area contributed by atoms with E-state index in [-0.39, 0.29) is 5.82 Å². The molecule has 0 aromatic carbocycles. The van der Waals surface area contributed by atoms with Crippen molar-refractivity contribution in [2.45, 2.75) is 31.0 Å². The molecule has 5 N–H and O–H groups in total. The minimum atomic E-state index is -1.62. The summed E-state index contributed by atoms with van der Waals surface area (Å²) in [5.41, 5.74) is 6.00. The Morgan fingerprint density at radius 1 is 1.35 bits per heavy atom. The van der Waals surface area contributed by atoms with Crippen LogP contribution in [0.3, 0.4) is 0 Å². The first-order valence-corrected chi connectivity index (χ1v) is 7.99. The number of nitrogens with zero attached hydrogens (tertiary/aromatic N) is 6. The largest absolute Gasteiger partial charge is 0.394 e. The first-order valence-electron chi connectivity index (χ1n) is 7.99. The van der Waals surface area contributed by atoms with E-state index in [4.69, 9.17) is 10.5 Å². The van der Waals surface area contributed by atoms with E-state index < -0.39 is 30.6 Å². The molecule has 0 radical (unpaired) electrons. The molecule has 0 amide bonds. The highest BCUT2D eigenvalue weighted by atomic mass is 16.6. The molecule has 0 aliphatic carbocycles. The van der Waals surface area contributed by atoms with Gasteiger partial charge >= 0.3 is 0 Å². The van der Waals surface area contributed by atoms with Crippen molar-refractivity contribution in [2.24, 2.45) is 7.05 Å². The molecular weight excluding hydrogens is 342 g/mol. The van der Waals surface area contributed by atoms with Gasteiger partial charge in [0.25, 0.3) is 0 Å². The van der Waals surface area contributed by atoms with Crippen molar-refractivity contribution in [1.29, 1.82) is 0 Å². The third-order valence-corrected chi connectivity index (χ3v) is 4.78. The Kier molecular flexibility index (Phi) is 3.70. The molecule has 4 unspecified atom stereocenters. The quantitative estimate of drug-likeness (QED) is 0.450. The Morgan fingerprint density at radius 2 is 2.12 bits per heavy atom.